The van der Waals surface area contributed by atoms with Gasteiger partial charge in [0.25, 0.3) is 5.56 Å². The van der Waals surface area contributed by atoms with Gasteiger partial charge < -0.3 is 5.73 Å². The summed E-state index contributed by atoms with van der Waals surface area (Å²) >= 11 is 4.98. The van der Waals surface area contributed by atoms with Gasteiger partial charge in [0, 0.05) is 15.4 Å². The molecular formula is C9H8BrN3OS. The predicted molar refractivity (Wildman–Crippen MR) is 64.0 cm³/mol. The molecule has 2 N–H and O–H groups in total. The number of nitrogens with two attached hydrogens (primary N) is 1. The number of hydrogen-bond acceptors (Lipinski definition) is 4. The molecule has 2 aromatic rings. The van der Waals surface area contributed by atoms with Crippen molar-refractivity contribution in [3.63, 3.8) is 0 Å². The van der Waals surface area contributed by atoms with E-state index in [9.17, 15) is 4.79 Å². The van der Waals surface area contributed by atoms with E-state index in [2.05, 4.69) is 21.0 Å². The van der Waals surface area contributed by atoms with Crippen LogP contribution in [0.25, 0.3) is 0 Å². The first-order valence-electron chi connectivity index (χ1n) is 4.21. The van der Waals surface area contributed by atoms with Crippen molar-refractivity contribution < 1.29 is 0 Å². The second kappa shape index (κ2) is 4.16. The molecule has 15 heavy (non-hydrogen) atoms. The Morgan fingerprint density at radius 1 is 1.60 bits per heavy atom. The van der Waals surface area contributed by atoms with Gasteiger partial charge in [0.05, 0.1) is 18.4 Å². The minimum absolute atomic E-state index is 0.185. The normalized spacial score (nSPS) is 10.5. The largest absolute Gasteiger partial charge is 0.397 e. The van der Waals surface area contributed by atoms with Crippen LogP contribution >= 0.6 is 27.3 Å². The van der Waals surface area contributed by atoms with Crippen molar-refractivity contribution >= 4 is 33.0 Å². The molecule has 0 saturated heterocycles. The minimum Gasteiger partial charge on any atom is -0.397 e. The number of nitrogen functional groups attached to an aromatic ring is 1. The number of anilines is 1. The first-order chi connectivity index (χ1) is 7.16. The average molecular weight is 286 g/mol. The van der Waals surface area contributed by atoms with Crippen molar-refractivity contribution in [2.24, 2.45) is 0 Å². The van der Waals surface area contributed by atoms with Gasteiger partial charge in [0.15, 0.2) is 0 Å². The van der Waals surface area contributed by atoms with Crippen LogP contribution in [0.5, 0.6) is 0 Å². The lowest BCUT2D eigenvalue weighted by atomic mass is 10.4. The van der Waals surface area contributed by atoms with E-state index in [1.807, 2.05) is 11.4 Å². The molecule has 0 bridgehead atoms. The third kappa shape index (κ3) is 2.27. The van der Waals surface area contributed by atoms with Crippen molar-refractivity contribution in [2.45, 2.75) is 6.54 Å². The molecule has 78 valence electrons. The second-order valence-electron chi connectivity index (χ2n) is 2.98. The number of hydrogen-bond donors (Lipinski definition) is 1. The lowest BCUT2D eigenvalue weighted by Gasteiger charge is -2.02. The fourth-order valence-electron chi connectivity index (χ4n) is 1.14. The van der Waals surface area contributed by atoms with Crippen LogP contribution in [0, 0.1) is 0 Å². The minimum atomic E-state index is -0.185. The van der Waals surface area contributed by atoms with E-state index >= 15 is 0 Å². The Morgan fingerprint density at radius 2 is 2.40 bits per heavy atom. The zero-order valence-corrected chi connectivity index (χ0v) is 10.1. The predicted octanol–water partition coefficient (Wildman–Crippen LogP) is 1.70. The fraction of sp³-hybridized carbons (Fsp3) is 0.111. The fourth-order valence-corrected chi connectivity index (χ4v) is 2.60. The third-order valence-electron chi connectivity index (χ3n) is 1.88. The SMILES string of the molecule is Nc1cnn(Cc2sccc2Br)c(=O)c1. The number of aromatic nitrogens is 2. The van der Waals surface area contributed by atoms with Gasteiger partial charge in [-0.2, -0.15) is 5.10 Å². The van der Waals surface area contributed by atoms with Gasteiger partial charge in [0.2, 0.25) is 0 Å². The maximum absolute atomic E-state index is 11.5. The molecule has 0 aliphatic heterocycles. The zero-order chi connectivity index (χ0) is 10.8. The van der Waals surface area contributed by atoms with Gasteiger partial charge in [0.1, 0.15) is 0 Å². The third-order valence-corrected chi connectivity index (χ3v) is 3.79. The molecule has 2 aromatic heterocycles. The summed E-state index contributed by atoms with van der Waals surface area (Å²) in [5, 5.41) is 5.92. The van der Waals surface area contributed by atoms with E-state index in [1.165, 1.54) is 16.9 Å². The maximum atomic E-state index is 11.5. The zero-order valence-electron chi connectivity index (χ0n) is 7.68. The summed E-state index contributed by atoms with van der Waals surface area (Å²) in [4.78, 5) is 12.6. The first-order valence-corrected chi connectivity index (χ1v) is 5.88. The van der Waals surface area contributed by atoms with Crippen LogP contribution in [-0.4, -0.2) is 9.78 Å². The summed E-state index contributed by atoms with van der Waals surface area (Å²) < 4.78 is 2.38. The van der Waals surface area contributed by atoms with E-state index in [0.29, 0.717) is 12.2 Å². The summed E-state index contributed by atoms with van der Waals surface area (Å²) in [6, 6.07) is 3.32. The number of nitrogens with zero attached hydrogens (tertiary/aromatic N) is 2. The van der Waals surface area contributed by atoms with Crippen LogP contribution in [-0.2, 0) is 6.54 Å². The van der Waals surface area contributed by atoms with Crippen molar-refractivity contribution in [1.29, 1.82) is 0 Å². The second-order valence-corrected chi connectivity index (χ2v) is 4.83. The summed E-state index contributed by atoms with van der Waals surface area (Å²) in [6.45, 7) is 0.470. The molecule has 0 saturated carbocycles. The molecule has 4 nitrogen and oxygen atoms in total. The lowest BCUT2D eigenvalue weighted by molar-refractivity contribution is 0.645. The Kier molecular flexibility index (Phi) is 2.88. The Labute approximate surface area is 98.5 Å². The highest BCUT2D eigenvalue weighted by molar-refractivity contribution is 9.10. The van der Waals surface area contributed by atoms with E-state index in [1.54, 1.807) is 11.3 Å². The Bertz CT molecular complexity index is 534. The molecule has 2 rings (SSSR count). The van der Waals surface area contributed by atoms with Gasteiger partial charge >= 0.3 is 0 Å². The molecular weight excluding hydrogens is 278 g/mol. The first kappa shape index (κ1) is 10.4. The molecule has 0 amide bonds. The van der Waals surface area contributed by atoms with Crippen molar-refractivity contribution in [3.8, 4) is 0 Å². The molecule has 0 spiro atoms. The summed E-state index contributed by atoms with van der Waals surface area (Å²) in [6.07, 6.45) is 1.48. The van der Waals surface area contributed by atoms with Crippen LogP contribution in [0.15, 0.2) is 33.0 Å². The molecule has 0 aliphatic rings. The highest BCUT2D eigenvalue weighted by atomic mass is 79.9. The maximum Gasteiger partial charge on any atom is 0.269 e. The Morgan fingerprint density at radius 3 is 3.00 bits per heavy atom. The topological polar surface area (TPSA) is 60.9 Å². The van der Waals surface area contributed by atoms with Gasteiger partial charge in [-0.3, -0.25) is 4.79 Å². The van der Waals surface area contributed by atoms with E-state index in [4.69, 9.17) is 5.73 Å². The average Bonchev–Trinajstić information content (AvgIpc) is 2.57. The number of rotatable bonds is 2. The lowest BCUT2D eigenvalue weighted by Crippen LogP contribution is -2.22. The van der Waals surface area contributed by atoms with Gasteiger partial charge in [-0.05, 0) is 27.4 Å². The van der Waals surface area contributed by atoms with Crippen LogP contribution < -0.4 is 11.3 Å². The highest BCUT2D eigenvalue weighted by Gasteiger charge is 2.04. The number of thiophene rings is 1. The summed E-state index contributed by atoms with van der Waals surface area (Å²) in [5.41, 5.74) is 5.65. The molecule has 0 fully saturated rings. The molecule has 0 radical (unpaired) electrons. The van der Waals surface area contributed by atoms with E-state index < -0.39 is 0 Å². The summed E-state index contributed by atoms with van der Waals surface area (Å²) in [7, 11) is 0. The van der Waals surface area contributed by atoms with Gasteiger partial charge in [-0.1, -0.05) is 0 Å². The number of halogens is 1. The quantitative estimate of drug-likeness (QED) is 0.914. The molecule has 6 heteroatoms. The van der Waals surface area contributed by atoms with Crippen LogP contribution in [0.3, 0.4) is 0 Å². The van der Waals surface area contributed by atoms with Crippen molar-refractivity contribution in [3.05, 3.63) is 43.4 Å². The molecule has 0 aromatic carbocycles. The summed E-state index contributed by atoms with van der Waals surface area (Å²) in [5.74, 6) is 0. The van der Waals surface area contributed by atoms with Gasteiger partial charge in [-0.25, -0.2) is 4.68 Å². The standard InChI is InChI=1S/C9H8BrN3OS/c10-7-1-2-15-8(7)5-13-9(14)3-6(11)4-12-13/h1-4H,5,11H2. The van der Waals surface area contributed by atoms with Crippen molar-refractivity contribution in [1.82, 2.24) is 9.78 Å². The van der Waals surface area contributed by atoms with Crippen LogP contribution in [0.4, 0.5) is 5.69 Å². The Balaban J connectivity index is 2.33. The van der Waals surface area contributed by atoms with Crippen LogP contribution in [0.2, 0.25) is 0 Å². The molecule has 0 unspecified atom stereocenters. The van der Waals surface area contributed by atoms with Crippen LogP contribution in [0.1, 0.15) is 4.88 Å². The van der Waals surface area contributed by atoms with E-state index in [-0.39, 0.29) is 5.56 Å². The highest BCUT2D eigenvalue weighted by Crippen LogP contribution is 2.22. The Hall–Kier alpha value is -1.14. The molecule has 0 atom stereocenters. The monoisotopic (exact) mass is 285 g/mol. The van der Waals surface area contributed by atoms with Crippen molar-refractivity contribution in [2.75, 3.05) is 5.73 Å². The molecule has 0 aliphatic carbocycles. The van der Waals surface area contributed by atoms with E-state index in [0.717, 1.165) is 9.35 Å². The van der Waals surface area contributed by atoms with Gasteiger partial charge in [-0.15, -0.1) is 11.3 Å². The molecule has 2 heterocycles. The smallest absolute Gasteiger partial charge is 0.269 e.